The van der Waals surface area contributed by atoms with Gasteiger partial charge in [0.05, 0.1) is 19.2 Å². The van der Waals surface area contributed by atoms with Gasteiger partial charge in [0.1, 0.15) is 5.75 Å². The van der Waals surface area contributed by atoms with E-state index >= 15 is 0 Å². The third-order valence-electron chi connectivity index (χ3n) is 2.71. The molecule has 1 aromatic rings. The molecule has 0 saturated carbocycles. The summed E-state index contributed by atoms with van der Waals surface area (Å²) in [5.74, 6) is 0.740. The first kappa shape index (κ1) is 13.8. The van der Waals surface area contributed by atoms with E-state index in [2.05, 4.69) is 5.32 Å². The highest BCUT2D eigenvalue weighted by Gasteiger charge is 2.20. The molecule has 3 N–H and O–H groups in total. The van der Waals surface area contributed by atoms with E-state index in [1.165, 1.54) is 0 Å². The fourth-order valence-electron chi connectivity index (χ4n) is 1.93. The highest BCUT2D eigenvalue weighted by molar-refractivity contribution is 5.85. The zero-order chi connectivity index (χ0) is 11.4. The second kappa shape index (κ2) is 6.47. The summed E-state index contributed by atoms with van der Waals surface area (Å²) < 4.78 is 5.61. The number of benzene rings is 1. The van der Waals surface area contributed by atoms with Gasteiger partial charge in [-0.3, -0.25) is 4.79 Å². The monoisotopic (exact) mass is 256 g/mol. The average Bonchev–Trinajstić information content (AvgIpc) is 2.52. The minimum atomic E-state index is -0.123. The van der Waals surface area contributed by atoms with Gasteiger partial charge < -0.3 is 15.8 Å². The number of rotatable bonds is 2. The van der Waals surface area contributed by atoms with E-state index in [1.807, 2.05) is 24.3 Å². The molecule has 0 aliphatic carbocycles. The fourth-order valence-corrected chi connectivity index (χ4v) is 1.93. The fraction of sp³-hybridized carbons (Fsp3) is 0.417. The zero-order valence-corrected chi connectivity index (χ0v) is 10.3. The maximum absolute atomic E-state index is 11.3. The van der Waals surface area contributed by atoms with E-state index in [4.69, 9.17) is 10.5 Å². The summed E-state index contributed by atoms with van der Waals surface area (Å²) in [6.07, 6.45) is 1.83. The van der Waals surface area contributed by atoms with Crippen LogP contribution in [0, 0.1) is 0 Å². The van der Waals surface area contributed by atoms with Crippen molar-refractivity contribution in [3.05, 3.63) is 29.8 Å². The number of hydrogen-bond acceptors (Lipinski definition) is 3. The Kier molecular flexibility index (Phi) is 5.25. The van der Waals surface area contributed by atoms with E-state index in [0.29, 0.717) is 6.61 Å². The van der Waals surface area contributed by atoms with Crippen LogP contribution in [0.15, 0.2) is 24.3 Å². The summed E-state index contributed by atoms with van der Waals surface area (Å²) in [6, 6.07) is 7.83. The number of carbonyl (C=O) groups excluding carboxylic acids is 1. The molecule has 1 unspecified atom stereocenters. The largest absolute Gasteiger partial charge is 0.493 e. The first-order chi connectivity index (χ1) is 7.81. The van der Waals surface area contributed by atoms with Crippen LogP contribution in [0.4, 0.5) is 0 Å². The minimum Gasteiger partial charge on any atom is -0.493 e. The number of fused-ring (bicyclic) bond motifs is 1. The smallest absolute Gasteiger partial charge is 0.234 e. The summed E-state index contributed by atoms with van der Waals surface area (Å²) in [6.45, 7) is 0.728. The van der Waals surface area contributed by atoms with Crippen LogP contribution in [0.1, 0.15) is 24.4 Å². The number of nitrogens with one attached hydrogen (secondary N) is 1. The molecule has 2 rings (SSSR count). The number of halogens is 1. The number of carbonyl (C=O) groups is 1. The van der Waals surface area contributed by atoms with E-state index < -0.39 is 0 Å². The van der Waals surface area contributed by atoms with Crippen LogP contribution in [-0.4, -0.2) is 19.1 Å². The molecule has 17 heavy (non-hydrogen) atoms. The standard InChI is InChI=1S/C12H16N2O2.ClH/c13-8-12(15)14-10-5-3-7-16-11-6-2-1-4-9(10)11;/h1-2,4,6,10H,3,5,7-8,13H2,(H,14,15);1H. The molecule has 0 aromatic heterocycles. The molecule has 1 aliphatic heterocycles. The first-order valence-electron chi connectivity index (χ1n) is 5.52. The molecular weight excluding hydrogens is 240 g/mol. The van der Waals surface area contributed by atoms with Crippen LogP contribution in [0.25, 0.3) is 0 Å². The highest BCUT2D eigenvalue weighted by atomic mass is 35.5. The zero-order valence-electron chi connectivity index (χ0n) is 9.52. The lowest BCUT2D eigenvalue weighted by Gasteiger charge is -2.17. The van der Waals surface area contributed by atoms with Crippen molar-refractivity contribution in [2.45, 2.75) is 18.9 Å². The van der Waals surface area contributed by atoms with E-state index in [-0.39, 0.29) is 30.9 Å². The van der Waals surface area contributed by atoms with Gasteiger partial charge in [-0.2, -0.15) is 0 Å². The van der Waals surface area contributed by atoms with Crippen molar-refractivity contribution >= 4 is 18.3 Å². The highest BCUT2D eigenvalue weighted by Crippen LogP contribution is 2.30. The SMILES string of the molecule is Cl.NCC(=O)NC1CCCOc2ccccc21. The molecule has 94 valence electrons. The third kappa shape index (κ3) is 3.35. The van der Waals surface area contributed by atoms with Gasteiger partial charge in [0.15, 0.2) is 0 Å². The summed E-state index contributed by atoms with van der Waals surface area (Å²) in [5, 5.41) is 2.92. The molecule has 5 heteroatoms. The van der Waals surface area contributed by atoms with Crippen molar-refractivity contribution < 1.29 is 9.53 Å². The Morgan fingerprint density at radius 1 is 1.47 bits per heavy atom. The Balaban J connectivity index is 0.00000144. The second-order valence-corrected chi connectivity index (χ2v) is 3.85. The molecule has 0 saturated heterocycles. The Bertz CT molecular complexity index is 385. The van der Waals surface area contributed by atoms with Gasteiger partial charge in [-0.25, -0.2) is 0 Å². The molecule has 0 radical (unpaired) electrons. The predicted octanol–water partition coefficient (Wildman–Crippen LogP) is 1.40. The molecule has 0 bridgehead atoms. The molecule has 0 spiro atoms. The van der Waals surface area contributed by atoms with Gasteiger partial charge >= 0.3 is 0 Å². The van der Waals surface area contributed by atoms with E-state index in [1.54, 1.807) is 0 Å². The molecule has 1 atom stereocenters. The molecule has 4 nitrogen and oxygen atoms in total. The minimum absolute atomic E-state index is 0. The van der Waals surface area contributed by atoms with E-state index in [0.717, 1.165) is 24.2 Å². The third-order valence-corrected chi connectivity index (χ3v) is 2.71. The number of ether oxygens (including phenoxy) is 1. The van der Waals surface area contributed by atoms with Crippen molar-refractivity contribution in [1.82, 2.24) is 5.32 Å². The molecular formula is C12H17ClN2O2. The molecule has 0 fully saturated rings. The van der Waals surface area contributed by atoms with Crippen LogP contribution in [-0.2, 0) is 4.79 Å². The topological polar surface area (TPSA) is 64.4 Å². The van der Waals surface area contributed by atoms with Crippen molar-refractivity contribution in [2.24, 2.45) is 5.73 Å². The normalized spacial score (nSPS) is 18.1. The van der Waals surface area contributed by atoms with Crippen LogP contribution in [0.2, 0.25) is 0 Å². The van der Waals surface area contributed by atoms with Gasteiger partial charge in [0, 0.05) is 5.56 Å². The van der Waals surface area contributed by atoms with Crippen molar-refractivity contribution in [1.29, 1.82) is 0 Å². The molecule has 1 heterocycles. The van der Waals surface area contributed by atoms with Crippen molar-refractivity contribution in [3.8, 4) is 5.75 Å². The Morgan fingerprint density at radius 2 is 2.24 bits per heavy atom. The number of amides is 1. The maximum Gasteiger partial charge on any atom is 0.234 e. The van der Waals surface area contributed by atoms with Gasteiger partial charge in [-0.15, -0.1) is 12.4 Å². The van der Waals surface area contributed by atoms with E-state index in [9.17, 15) is 4.79 Å². The Labute approximate surface area is 107 Å². The first-order valence-corrected chi connectivity index (χ1v) is 5.52. The molecule has 1 aromatic carbocycles. The van der Waals surface area contributed by atoms with Gasteiger partial charge in [0.25, 0.3) is 0 Å². The molecule has 1 aliphatic rings. The summed E-state index contributed by atoms with van der Waals surface area (Å²) in [4.78, 5) is 11.3. The summed E-state index contributed by atoms with van der Waals surface area (Å²) in [5.41, 5.74) is 6.35. The number of hydrogen-bond donors (Lipinski definition) is 2. The second-order valence-electron chi connectivity index (χ2n) is 3.85. The quantitative estimate of drug-likeness (QED) is 0.841. The van der Waals surface area contributed by atoms with Crippen LogP contribution >= 0.6 is 12.4 Å². The number of nitrogens with two attached hydrogens (primary N) is 1. The van der Waals surface area contributed by atoms with Gasteiger partial charge in [-0.1, -0.05) is 18.2 Å². The van der Waals surface area contributed by atoms with Gasteiger partial charge in [0.2, 0.25) is 5.91 Å². The Morgan fingerprint density at radius 3 is 3.00 bits per heavy atom. The average molecular weight is 257 g/mol. The van der Waals surface area contributed by atoms with Crippen molar-refractivity contribution in [2.75, 3.05) is 13.2 Å². The lowest BCUT2D eigenvalue weighted by Crippen LogP contribution is -2.33. The summed E-state index contributed by atoms with van der Waals surface area (Å²) >= 11 is 0. The predicted molar refractivity (Wildman–Crippen MR) is 68.4 cm³/mol. The Hall–Kier alpha value is -1.26. The number of para-hydroxylation sites is 1. The lowest BCUT2D eigenvalue weighted by molar-refractivity contribution is -0.120. The maximum atomic E-state index is 11.3. The lowest BCUT2D eigenvalue weighted by atomic mass is 10.0. The summed E-state index contributed by atoms with van der Waals surface area (Å²) in [7, 11) is 0. The van der Waals surface area contributed by atoms with Crippen LogP contribution in [0.3, 0.4) is 0 Å². The van der Waals surface area contributed by atoms with Gasteiger partial charge in [-0.05, 0) is 18.9 Å². The molecule has 1 amide bonds. The van der Waals surface area contributed by atoms with Crippen molar-refractivity contribution in [3.63, 3.8) is 0 Å². The van der Waals surface area contributed by atoms with Crippen LogP contribution in [0.5, 0.6) is 5.75 Å². The van der Waals surface area contributed by atoms with Crippen LogP contribution < -0.4 is 15.8 Å².